The molecule has 0 spiro atoms. The fourth-order valence-electron chi connectivity index (χ4n) is 2.06. The predicted octanol–water partition coefficient (Wildman–Crippen LogP) is 2.38. The molecule has 24 heavy (non-hydrogen) atoms. The molecule has 0 bridgehead atoms. The Kier molecular flexibility index (Phi) is 5.25. The van der Waals surface area contributed by atoms with E-state index in [0.29, 0.717) is 22.2 Å². The van der Waals surface area contributed by atoms with Gasteiger partial charge in [0.15, 0.2) is 0 Å². The van der Waals surface area contributed by atoms with Crippen LogP contribution in [0.2, 0.25) is 5.02 Å². The predicted molar refractivity (Wildman–Crippen MR) is 89.1 cm³/mol. The van der Waals surface area contributed by atoms with Crippen molar-refractivity contribution in [3.63, 3.8) is 0 Å². The smallest absolute Gasteiger partial charge is 0.339 e. The van der Waals surface area contributed by atoms with E-state index < -0.39 is 17.4 Å². The number of H-pyrrole nitrogens is 1. The zero-order valence-corrected chi connectivity index (χ0v) is 14.0. The van der Waals surface area contributed by atoms with Crippen LogP contribution in [-0.2, 0) is 4.74 Å². The van der Waals surface area contributed by atoms with Crippen molar-refractivity contribution in [2.45, 2.75) is 6.92 Å². The van der Waals surface area contributed by atoms with Gasteiger partial charge in [0.1, 0.15) is 11.3 Å². The molecule has 1 heterocycles. The van der Waals surface area contributed by atoms with Crippen LogP contribution in [0, 0.1) is 6.92 Å². The van der Waals surface area contributed by atoms with E-state index in [0.717, 1.165) is 0 Å². The van der Waals surface area contributed by atoms with Gasteiger partial charge in [-0.15, -0.1) is 0 Å². The highest BCUT2D eigenvalue weighted by Crippen LogP contribution is 2.27. The summed E-state index contributed by atoms with van der Waals surface area (Å²) in [6.45, 7) is 1.54. The second-order valence-corrected chi connectivity index (χ2v) is 5.25. The van der Waals surface area contributed by atoms with Crippen LogP contribution in [0.1, 0.15) is 26.4 Å². The van der Waals surface area contributed by atoms with Crippen molar-refractivity contribution in [3.8, 4) is 5.75 Å². The van der Waals surface area contributed by atoms with Gasteiger partial charge in [-0.2, -0.15) is 0 Å². The molecule has 1 aromatic heterocycles. The first-order valence-electron chi connectivity index (χ1n) is 6.84. The van der Waals surface area contributed by atoms with E-state index in [9.17, 15) is 14.4 Å². The summed E-state index contributed by atoms with van der Waals surface area (Å²) >= 11 is 5.99. The molecule has 0 fully saturated rings. The Morgan fingerprint density at radius 1 is 1.17 bits per heavy atom. The molecule has 7 nitrogen and oxygen atoms in total. The molecule has 1 aromatic carbocycles. The molecule has 0 unspecified atom stereocenters. The van der Waals surface area contributed by atoms with Crippen LogP contribution in [0.15, 0.2) is 29.1 Å². The molecule has 0 aliphatic heterocycles. The highest BCUT2D eigenvalue weighted by atomic mass is 35.5. The van der Waals surface area contributed by atoms with Crippen molar-refractivity contribution in [1.29, 1.82) is 0 Å². The Morgan fingerprint density at radius 3 is 2.46 bits per heavy atom. The van der Waals surface area contributed by atoms with Crippen LogP contribution in [0.5, 0.6) is 5.75 Å². The molecule has 0 atom stereocenters. The third-order valence-corrected chi connectivity index (χ3v) is 3.59. The summed E-state index contributed by atoms with van der Waals surface area (Å²) < 4.78 is 9.65. The number of esters is 1. The lowest BCUT2D eigenvalue weighted by Crippen LogP contribution is -2.25. The van der Waals surface area contributed by atoms with Gasteiger partial charge in [0.25, 0.3) is 11.5 Å². The number of methoxy groups -OCH3 is 2. The molecule has 2 rings (SSSR count). The van der Waals surface area contributed by atoms with E-state index in [4.69, 9.17) is 16.3 Å². The Bertz CT molecular complexity index is 860. The van der Waals surface area contributed by atoms with Gasteiger partial charge in [-0.1, -0.05) is 11.6 Å². The second kappa shape index (κ2) is 7.18. The highest BCUT2D eigenvalue weighted by Gasteiger charge is 2.18. The summed E-state index contributed by atoms with van der Waals surface area (Å²) in [6, 6.07) is 5.84. The van der Waals surface area contributed by atoms with Crippen LogP contribution in [0.25, 0.3) is 0 Å². The van der Waals surface area contributed by atoms with Gasteiger partial charge in [-0.05, 0) is 31.2 Å². The number of aryl methyl sites for hydroxylation is 1. The fourth-order valence-corrected chi connectivity index (χ4v) is 2.31. The molecule has 0 saturated carbocycles. The molecule has 0 saturated heterocycles. The number of benzene rings is 1. The average Bonchev–Trinajstić information content (AvgIpc) is 2.54. The standard InChI is InChI=1S/C16H15ClN2O5/c1-8-10(16(22)24-3)7-11(14(20)18-8)15(21)19-9-4-5-13(23-2)12(17)6-9/h4-7H,1-3H3,(H,18,20)(H,19,21). The van der Waals surface area contributed by atoms with Crippen molar-refractivity contribution >= 4 is 29.2 Å². The minimum atomic E-state index is -0.678. The number of nitrogens with one attached hydrogen (secondary N) is 2. The van der Waals surface area contributed by atoms with Crippen LogP contribution in [0.4, 0.5) is 5.69 Å². The van der Waals surface area contributed by atoms with E-state index in [1.165, 1.54) is 26.4 Å². The normalized spacial score (nSPS) is 10.2. The summed E-state index contributed by atoms with van der Waals surface area (Å²) in [5.41, 5.74) is -0.0264. The highest BCUT2D eigenvalue weighted by molar-refractivity contribution is 6.32. The largest absolute Gasteiger partial charge is 0.495 e. The SMILES string of the molecule is COC(=O)c1cc(C(=O)Nc2ccc(OC)c(Cl)c2)c(=O)[nH]c1C. The number of hydrogen-bond acceptors (Lipinski definition) is 5. The van der Waals surface area contributed by atoms with Gasteiger partial charge in [-0.25, -0.2) is 4.79 Å². The van der Waals surface area contributed by atoms with Gasteiger partial charge in [0.05, 0.1) is 24.8 Å². The van der Waals surface area contributed by atoms with E-state index in [-0.39, 0.29) is 11.1 Å². The first-order valence-corrected chi connectivity index (χ1v) is 7.22. The maximum absolute atomic E-state index is 12.3. The van der Waals surface area contributed by atoms with E-state index in [2.05, 4.69) is 15.0 Å². The lowest BCUT2D eigenvalue weighted by Gasteiger charge is -2.09. The molecule has 2 aromatic rings. The Hall–Kier alpha value is -2.80. The maximum Gasteiger partial charge on any atom is 0.339 e. The number of aromatic amines is 1. The zero-order valence-electron chi connectivity index (χ0n) is 13.2. The van der Waals surface area contributed by atoms with E-state index >= 15 is 0 Å². The van der Waals surface area contributed by atoms with Gasteiger partial charge < -0.3 is 19.8 Å². The van der Waals surface area contributed by atoms with Crippen molar-refractivity contribution in [1.82, 2.24) is 4.98 Å². The summed E-state index contributed by atoms with van der Waals surface area (Å²) in [4.78, 5) is 38.4. The van der Waals surface area contributed by atoms with Crippen LogP contribution in [0.3, 0.4) is 0 Å². The molecule has 0 aliphatic carbocycles. The molecule has 2 N–H and O–H groups in total. The van der Waals surface area contributed by atoms with Gasteiger partial charge >= 0.3 is 5.97 Å². The summed E-state index contributed by atoms with van der Waals surface area (Å²) in [7, 11) is 2.69. The number of carbonyl (C=O) groups excluding carboxylic acids is 2. The molecular weight excluding hydrogens is 336 g/mol. The van der Waals surface area contributed by atoms with Crippen molar-refractivity contribution < 1.29 is 19.1 Å². The Labute approximate surface area is 142 Å². The van der Waals surface area contributed by atoms with Crippen molar-refractivity contribution in [2.75, 3.05) is 19.5 Å². The lowest BCUT2D eigenvalue weighted by atomic mass is 10.1. The topological polar surface area (TPSA) is 97.5 Å². The zero-order chi connectivity index (χ0) is 17.9. The van der Waals surface area contributed by atoms with Crippen molar-refractivity contribution in [3.05, 3.63) is 56.5 Å². The minimum absolute atomic E-state index is 0.106. The average molecular weight is 351 g/mol. The fraction of sp³-hybridized carbons (Fsp3) is 0.188. The van der Waals surface area contributed by atoms with Crippen molar-refractivity contribution in [2.24, 2.45) is 0 Å². The molecule has 8 heteroatoms. The number of aromatic nitrogens is 1. The minimum Gasteiger partial charge on any atom is -0.495 e. The number of halogens is 1. The Morgan fingerprint density at radius 2 is 1.88 bits per heavy atom. The number of rotatable bonds is 4. The molecule has 0 radical (unpaired) electrons. The third-order valence-electron chi connectivity index (χ3n) is 3.30. The number of hydrogen-bond donors (Lipinski definition) is 2. The van der Waals surface area contributed by atoms with E-state index in [1.54, 1.807) is 19.1 Å². The number of anilines is 1. The summed E-state index contributed by atoms with van der Waals surface area (Å²) in [5, 5.41) is 2.85. The number of pyridine rings is 1. The Balaban J connectivity index is 2.34. The first kappa shape index (κ1) is 17.6. The number of carbonyl (C=O) groups is 2. The van der Waals surface area contributed by atoms with Crippen LogP contribution >= 0.6 is 11.6 Å². The van der Waals surface area contributed by atoms with Crippen LogP contribution in [-0.4, -0.2) is 31.1 Å². The quantitative estimate of drug-likeness (QED) is 0.825. The van der Waals surface area contributed by atoms with Gasteiger partial charge in [0, 0.05) is 11.4 Å². The molecular formula is C16H15ClN2O5. The summed E-state index contributed by atoms with van der Waals surface area (Å²) in [5.74, 6) is -0.872. The summed E-state index contributed by atoms with van der Waals surface area (Å²) in [6.07, 6.45) is 0. The van der Waals surface area contributed by atoms with Gasteiger partial charge in [-0.3, -0.25) is 9.59 Å². The van der Waals surface area contributed by atoms with E-state index in [1.807, 2.05) is 0 Å². The van der Waals surface area contributed by atoms with Crippen LogP contribution < -0.4 is 15.6 Å². The molecule has 0 aliphatic rings. The maximum atomic E-state index is 12.3. The molecule has 126 valence electrons. The number of ether oxygens (including phenoxy) is 2. The number of amides is 1. The lowest BCUT2D eigenvalue weighted by molar-refractivity contribution is 0.0599. The third kappa shape index (κ3) is 3.57. The monoisotopic (exact) mass is 350 g/mol. The first-order chi connectivity index (χ1) is 11.4. The van der Waals surface area contributed by atoms with Gasteiger partial charge in [0.2, 0.25) is 0 Å². The second-order valence-electron chi connectivity index (χ2n) is 4.85. The molecule has 1 amide bonds.